The van der Waals surface area contributed by atoms with Crippen LogP contribution in [0.1, 0.15) is 63.5 Å². The molecule has 1 atom stereocenters. The molecule has 164 valence electrons. The normalized spacial score (nSPS) is 16.9. The van der Waals surface area contributed by atoms with Crippen molar-refractivity contribution >= 4 is 33.1 Å². The number of hydrogen-bond acceptors (Lipinski definition) is 6. The number of fused-ring (bicyclic) bond motifs is 3. The van der Waals surface area contributed by atoms with Crippen LogP contribution in [0.2, 0.25) is 0 Å². The molecule has 6 heteroatoms. The summed E-state index contributed by atoms with van der Waals surface area (Å²) in [5.74, 6) is 2.37. The number of aromatic nitrogens is 2. The lowest BCUT2D eigenvalue weighted by molar-refractivity contribution is 0.184. The van der Waals surface area contributed by atoms with E-state index in [1.807, 2.05) is 49.4 Å². The zero-order chi connectivity index (χ0) is 22.0. The average molecular weight is 437 g/mol. The van der Waals surface area contributed by atoms with Crippen LogP contribution in [0.4, 0.5) is 5.82 Å². The molecule has 2 heterocycles. The number of hydrogen-bond donors (Lipinski definition) is 1. The fraction of sp³-hybridized carbons (Fsp3) is 0.480. The lowest BCUT2D eigenvalue weighted by atomic mass is 9.69. The van der Waals surface area contributed by atoms with Crippen LogP contribution in [0.5, 0.6) is 5.75 Å². The molecule has 2 aromatic heterocycles. The molecule has 0 amide bonds. The van der Waals surface area contributed by atoms with Crippen molar-refractivity contribution in [3.05, 3.63) is 46.6 Å². The smallest absolute Gasteiger partial charge is 0.158 e. The van der Waals surface area contributed by atoms with Crippen molar-refractivity contribution in [2.45, 2.75) is 60.3 Å². The molecule has 4 rings (SSSR count). The van der Waals surface area contributed by atoms with Gasteiger partial charge in [0, 0.05) is 4.88 Å². The highest BCUT2D eigenvalue weighted by molar-refractivity contribution is 7.19. The minimum Gasteiger partial charge on any atom is -0.494 e. The number of nitrogens with zero attached hydrogens (tertiary/aromatic N) is 3. The van der Waals surface area contributed by atoms with Gasteiger partial charge in [-0.05, 0) is 79.8 Å². The molecule has 0 aliphatic heterocycles. The molecule has 5 nitrogen and oxygen atoms in total. The maximum Gasteiger partial charge on any atom is 0.158 e. The predicted molar refractivity (Wildman–Crippen MR) is 130 cm³/mol. The van der Waals surface area contributed by atoms with Gasteiger partial charge in [0.1, 0.15) is 16.9 Å². The molecule has 1 aliphatic rings. The SMILES string of the molecule is CCOc1ccc(/C(C)=N\Nc2ncnc3sc4c(c23)C[C@H](C(C)(C)CC)CC4)cc1. The highest BCUT2D eigenvalue weighted by atomic mass is 32.1. The average Bonchev–Trinajstić information content (AvgIpc) is 3.16. The first kappa shape index (κ1) is 21.8. The maximum atomic E-state index is 5.53. The summed E-state index contributed by atoms with van der Waals surface area (Å²) in [5.41, 5.74) is 6.97. The van der Waals surface area contributed by atoms with Crippen LogP contribution in [0.25, 0.3) is 10.2 Å². The summed E-state index contributed by atoms with van der Waals surface area (Å²) in [6.07, 6.45) is 6.33. The third-order valence-electron chi connectivity index (χ3n) is 6.77. The van der Waals surface area contributed by atoms with Crippen molar-refractivity contribution in [3.63, 3.8) is 0 Å². The molecule has 0 fully saturated rings. The van der Waals surface area contributed by atoms with Gasteiger partial charge in [-0.2, -0.15) is 5.10 Å². The van der Waals surface area contributed by atoms with Gasteiger partial charge in [0.05, 0.1) is 17.7 Å². The third-order valence-corrected chi connectivity index (χ3v) is 7.97. The summed E-state index contributed by atoms with van der Waals surface area (Å²) < 4.78 is 5.53. The second-order valence-corrected chi connectivity index (χ2v) is 10.0. The Morgan fingerprint density at radius 2 is 2.00 bits per heavy atom. The van der Waals surface area contributed by atoms with Crippen molar-refractivity contribution in [1.82, 2.24) is 9.97 Å². The molecule has 1 N–H and O–H groups in total. The highest BCUT2D eigenvalue weighted by Crippen LogP contribution is 2.45. The Labute approximate surface area is 189 Å². The topological polar surface area (TPSA) is 59.4 Å². The number of rotatable bonds is 7. The van der Waals surface area contributed by atoms with Gasteiger partial charge in [0.2, 0.25) is 0 Å². The second kappa shape index (κ2) is 8.95. The van der Waals surface area contributed by atoms with Crippen LogP contribution in [-0.2, 0) is 12.8 Å². The predicted octanol–water partition coefficient (Wildman–Crippen LogP) is 6.47. The van der Waals surface area contributed by atoms with Gasteiger partial charge in [-0.3, -0.25) is 5.43 Å². The van der Waals surface area contributed by atoms with Gasteiger partial charge >= 0.3 is 0 Å². The van der Waals surface area contributed by atoms with Crippen LogP contribution < -0.4 is 10.2 Å². The number of ether oxygens (including phenoxy) is 1. The van der Waals surface area contributed by atoms with Crippen LogP contribution in [0, 0.1) is 11.3 Å². The molecule has 0 saturated heterocycles. The Morgan fingerprint density at radius 3 is 2.71 bits per heavy atom. The number of thiophene rings is 1. The van der Waals surface area contributed by atoms with Crippen LogP contribution in [-0.4, -0.2) is 22.3 Å². The second-order valence-electron chi connectivity index (χ2n) is 8.95. The Balaban J connectivity index is 1.61. The molecule has 0 bridgehead atoms. The maximum absolute atomic E-state index is 5.53. The minimum atomic E-state index is 0.345. The zero-order valence-corrected chi connectivity index (χ0v) is 20.0. The number of benzene rings is 1. The third kappa shape index (κ3) is 4.45. The van der Waals surface area contributed by atoms with Crippen molar-refractivity contribution < 1.29 is 4.74 Å². The van der Waals surface area contributed by atoms with Crippen LogP contribution in [0.3, 0.4) is 0 Å². The summed E-state index contributed by atoms with van der Waals surface area (Å²) in [7, 11) is 0. The van der Waals surface area contributed by atoms with E-state index in [0.29, 0.717) is 17.9 Å². The molecule has 0 unspecified atom stereocenters. The fourth-order valence-corrected chi connectivity index (χ4v) is 5.49. The first-order chi connectivity index (χ1) is 14.9. The molecule has 1 aromatic carbocycles. The summed E-state index contributed by atoms with van der Waals surface area (Å²) in [5, 5.41) is 5.80. The summed E-state index contributed by atoms with van der Waals surface area (Å²) in [6.45, 7) is 11.8. The van der Waals surface area contributed by atoms with E-state index in [0.717, 1.165) is 45.9 Å². The molecule has 1 aliphatic carbocycles. The van der Waals surface area contributed by atoms with E-state index in [4.69, 9.17) is 4.74 Å². The lowest BCUT2D eigenvalue weighted by Gasteiger charge is -2.36. The van der Waals surface area contributed by atoms with Gasteiger partial charge in [0.15, 0.2) is 5.82 Å². The molecular weight excluding hydrogens is 404 g/mol. The molecule has 0 spiro atoms. The fourth-order valence-electron chi connectivity index (χ4n) is 4.31. The summed E-state index contributed by atoms with van der Waals surface area (Å²) >= 11 is 1.82. The van der Waals surface area contributed by atoms with Gasteiger partial charge < -0.3 is 4.74 Å². The quantitative estimate of drug-likeness (QED) is 0.341. The van der Waals surface area contributed by atoms with Gasteiger partial charge in [-0.15, -0.1) is 11.3 Å². The number of nitrogens with one attached hydrogen (secondary N) is 1. The van der Waals surface area contributed by atoms with Crippen molar-refractivity contribution in [2.24, 2.45) is 16.4 Å². The number of aryl methyl sites for hydroxylation is 1. The van der Waals surface area contributed by atoms with Crippen molar-refractivity contribution in [3.8, 4) is 5.75 Å². The first-order valence-electron chi connectivity index (χ1n) is 11.2. The highest BCUT2D eigenvalue weighted by Gasteiger charge is 2.33. The monoisotopic (exact) mass is 436 g/mol. The van der Waals surface area contributed by atoms with E-state index in [2.05, 4.69) is 41.3 Å². The van der Waals surface area contributed by atoms with Gasteiger partial charge in [-0.25, -0.2) is 9.97 Å². The molecule has 0 saturated carbocycles. The summed E-state index contributed by atoms with van der Waals surface area (Å²) in [6, 6.07) is 8.02. The van der Waals surface area contributed by atoms with E-state index in [9.17, 15) is 0 Å². The Hall–Kier alpha value is -2.47. The van der Waals surface area contributed by atoms with E-state index < -0.39 is 0 Å². The lowest BCUT2D eigenvalue weighted by Crippen LogP contribution is -2.28. The standard InChI is InChI=1S/C25H32N4OS/c1-6-25(4,5)18-10-13-21-20(14-18)22-23(26-15-27-24(22)31-21)29-28-16(3)17-8-11-19(12-9-17)30-7-2/h8-9,11-12,15,18H,6-7,10,13-14H2,1-5H3,(H,26,27,29)/b28-16-/t18-/m1/s1. The first-order valence-corrected chi connectivity index (χ1v) is 12.0. The van der Waals surface area contributed by atoms with Gasteiger partial charge in [0.25, 0.3) is 0 Å². The van der Waals surface area contributed by atoms with Crippen LogP contribution >= 0.6 is 11.3 Å². The Bertz CT molecular complexity index is 1080. The van der Waals surface area contributed by atoms with Crippen molar-refractivity contribution in [1.29, 1.82) is 0 Å². The summed E-state index contributed by atoms with van der Waals surface area (Å²) in [4.78, 5) is 11.7. The van der Waals surface area contributed by atoms with Gasteiger partial charge in [-0.1, -0.05) is 27.2 Å². The minimum absolute atomic E-state index is 0.345. The van der Waals surface area contributed by atoms with E-state index in [1.54, 1.807) is 6.33 Å². The number of hydrazone groups is 1. The van der Waals surface area contributed by atoms with E-state index in [-0.39, 0.29) is 0 Å². The Kier molecular flexibility index (Phi) is 6.28. The van der Waals surface area contributed by atoms with Crippen molar-refractivity contribution in [2.75, 3.05) is 12.0 Å². The molecule has 31 heavy (non-hydrogen) atoms. The number of anilines is 1. The Morgan fingerprint density at radius 1 is 1.23 bits per heavy atom. The molecule has 0 radical (unpaired) electrons. The van der Waals surface area contributed by atoms with Crippen LogP contribution in [0.15, 0.2) is 35.7 Å². The molecular formula is C25H32N4OS. The zero-order valence-electron chi connectivity index (χ0n) is 19.2. The largest absolute Gasteiger partial charge is 0.494 e. The molecule has 3 aromatic rings. The van der Waals surface area contributed by atoms with E-state index in [1.165, 1.54) is 23.3 Å². The van der Waals surface area contributed by atoms with E-state index >= 15 is 0 Å².